The fraction of sp³-hybridized carbons (Fsp3) is 0.417. The Kier molecular flexibility index (Phi) is 7.63. The average Bonchev–Trinajstić information content (AvgIpc) is 3.20. The summed E-state index contributed by atoms with van der Waals surface area (Å²) in [7, 11) is 1.58. The highest BCUT2D eigenvalue weighted by molar-refractivity contribution is 14.1. The van der Waals surface area contributed by atoms with Gasteiger partial charge in [-0.25, -0.2) is 4.39 Å². The first-order valence-electron chi connectivity index (χ1n) is 10.7. The third-order valence-electron chi connectivity index (χ3n) is 5.91. The van der Waals surface area contributed by atoms with Gasteiger partial charge in [0.25, 0.3) is 0 Å². The van der Waals surface area contributed by atoms with Gasteiger partial charge in [-0.3, -0.25) is 9.69 Å². The number of ketones is 1. The second kappa shape index (κ2) is 10.4. The van der Waals surface area contributed by atoms with Crippen LogP contribution in [0.5, 0.6) is 11.5 Å². The van der Waals surface area contributed by atoms with Crippen LogP contribution in [0, 0.1) is 5.82 Å². The van der Waals surface area contributed by atoms with Crippen molar-refractivity contribution in [1.29, 1.82) is 0 Å². The standard InChI is InChI=1S/C24H26FIN2O3S/c1-15(29)16-4-7-20(21(12-16)30-2)31-11-3-9-28-10-8-17(13-23(28)26)24-19-6-5-18(25)14-22(19)32-27-24/h4-7,12,14,17,23H,3,8-11,13H2,1-2H3. The highest BCUT2D eigenvalue weighted by Crippen LogP contribution is 2.38. The summed E-state index contributed by atoms with van der Waals surface area (Å²) in [6.45, 7) is 4.09. The van der Waals surface area contributed by atoms with Crippen LogP contribution in [-0.2, 0) is 0 Å². The predicted molar refractivity (Wildman–Crippen MR) is 134 cm³/mol. The molecule has 2 unspecified atom stereocenters. The van der Waals surface area contributed by atoms with Crippen molar-refractivity contribution in [3.8, 4) is 11.5 Å². The van der Waals surface area contributed by atoms with Crippen molar-refractivity contribution in [3.63, 3.8) is 0 Å². The molecule has 1 aliphatic rings. The average molecular weight is 568 g/mol. The number of hydrogen-bond acceptors (Lipinski definition) is 6. The molecule has 0 radical (unpaired) electrons. The topological polar surface area (TPSA) is 51.7 Å². The summed E-state index contributed by atoms with van der Waals surface area (Å²) in [5, 5.41) is 1.09. The van der Waals surface area contributed by atoms with Crippen LogP contribution < -0.4 is 9.47 Å². The number of rotatable bonds is 8. The van der Waals surface area contributed by atoms with E-state index in [-0.39, 0.29) is 11.6 Å². The van der Waals surface area contributed by atoms with Crippen molar-refractivity contribution in [2.24, 2.45) is 0 Å². The Morgan fingerprint density at radius 2 is 2.12 bits per heavy atom. The number of carbonyl (C=O) groups is 1. The molecule has 0 spiro atoms. The minimum absolute atomic E-state index is 0.00385. The Hall–Kier alpha value is -1.78. The maximum atomic E-state index is 13.5. The van der Waals surface area contributed by atoms with Crippen molar-refractivity contribution in [3.05, 3.63) is 53.5 Å². The number of fused-ring (bicyclic) bond motifs is 1. The molecule has 3 aromatic rings. The molecule has 0 bridgehead atoms. The second-order valence-corrected chi connectivity index (χ2v) is 10.3. The van der Waals surface area contributed by atoms with Crippen LogP contribution in [0.2, 0.25) is 0 Å². The maximum absolute atomic E-state index is 13.5. The number of methoxy groups -OCH3 is 1. The fourth-order valence-corrected chi connectivity index (χ4v) is 6.20. The lowest BCUT2D eigenvalue weighted by molar-refractivity contribution is 0.101. The molecule has 1 aromatic heterocycles. The molecule has 170 valence electrons. The molecule has 4 rings (SSSR count). The summed E-state index contributed by atoms with van der Waals surface area (Å²) in [6.07, 6.45) is 3.00. The van der Waals surface area contributed by atoms with Crippen molar-refractivity contribution >= 4 is 50.0 Å². The predicted octanol–water partition coefficient (Wildman–Crippen LogP) is 6.06. The van der Waals surface area contributed by atoms with Gasteiger partial charge >= 0.3 is 0 Å². The van der Waals surface area contributed by atoms with Gasteiger partial charge < -0.3 is 9.47 Å². The summed E-state index contributed by atoms with van der Waals surface area (Å²) >= 11 is 3.91. The molecule has 2 atom stereocenters. The number of piperidine rings is 1. The zero-order valence-electron chi connectivity index (χ0n) is 18.1. The highest BCUT2D eigenvalue weighted by atomic mass is 127. The van der Waals surface area contributed by atoms with Crippen LogP contribution in [0.25, 0.3) is 10.1 Å². The minimum Gasteiger partial charge on any atom is -0.493 e. The summed E-state index contributed by atoms with van der Waals surface area (Å²) < 4.78 is 30.8. The van der Waals surface area contributed by atoms with Gasteiger partial charge in [0.1, 0.15) is 5.82 Å². The third-order valence-corrected chi connectivity index (χ3v) is 8.02. The van der Waals surface area contributed by atoms with Crippen LogP contribution in [0.1, 0.15) is 48.2 Å². The molecule has 0 saturated carbocycles. The lowest BCUT2D eigenvalue weighted by Crippen LogP contribution is -2.39. The number of ether oxygens (including phenoxy) is 2. The number of alkyl halides is 1. The van der Waals surface area contributed by atoms with Gasteiger partial charge in [-0.2, -0.15) is 4.37 Å². The number of likely N-dealkylation sites (tertiary alicyclic amines) is 1. The van der Waals surface area contributed by atoms with E-state index in [1.54, 1.807) is 31.4 Å². The number of carbonyl (C=O) groups excluding carboxylic acids is 1. The van der Waals surface area contributed by atoms with Gasteiger partial charge in [0.15, 0.2) is 17.3 Å². The van der Waals surface area contributed by atoms with Crippen LogP contribution >= 0.6 is 34.1 Å². The molecule has 2 aromatic carbocycles. The SMILES string of the molecule is COc1cc(C(C)=O)ccc1OCCCN1CCC(c2nsc3cc(F)ccc23)CC1I. The van der Waals surface area contributed by atoms with Crippen molar-refractivity contribution in [2.45, 2.75) is 36.2 Å². The van der Waals surface area contributed by atoms with Gasteiger partial charge in [-0.05, 0) is 80.7 Å². The number of hydrogen-bond donors (Lipinski definition) is 0. The first-order chi connectivity index (χ1) is 15.5. The second-order valence-electron chi connectivity index (χ2n) is 8.02. The van der Waals surface area contributed by atoms with E-state index in [1.165, 1.54) is 24.5 Å². The Labute approximate surface area is 205 Å². The molecule has 0 N–H and O–H groups in total. The number of aromatic nitrogens is 1. The smallest absolute Gasteiger partial charge is 0.161 e. The van der Waals surface area contributed by atoms with E-state index >= 15 is 0 Å². The van der Waals surface area contributed by atoms with Gasteiger partial charge in [-0.1, -0.05) is 22.6 Å². The van der Waals surface area contributed by atoms with Gasteiger partial charge in [-0.15, -0.1) is 0 Å². The van der Waals surface area contributed by atoms with E-state index in [1.807, 2.05) is 6.07 Å². The molecule has 5 nitrogen and oxygen atoms in total. The molecule has 8 heteroatoms. The largest absolute Gasteiger partial charge is 0.493 e. The summed E-state index contributed by atoms with van der Waals surface area (Å²) in [6, 6.07) is 10.3. The zero-order valence-corrected chi connectivity index (χ0v) is 21.1. The lowest BCUT2D eigenvalue weighted by atomic mass is 9.91. The van der Waals surface area contributed by atoms with E-state index in [9.17, 15) is 9.18 Å². The van der Waals surface area contributed by atoms with E-state index in [0.717, 1.165) is 48.1 Å². The molecule has 32 heavy (non-hydrogen) atoms. The Bertz CT molecular complexity index is 1110. The van der Waals surface area contributed by atoms with Crippen LogP contribution in [0.3, 0.4) is 0 Å². The molecule has 1 saturated heterocycles. The minimum atomic E-state index is -0.205. The first-order valence-corrected chi connectivity index (χ1v) is 12.7. The van der Waals surface area contributed by atoms with E-state index in [4.69, 9.17) is 9.47 Å². The van der Waals surface area contributed by atoms with Crippen molar-refractivity contribution in [2.75, 3.05) is 26.8 Å². The van der Waals surface area contributed by atoms with Gasteiger partial charge in [0.05, 0.1) is 28.2 Å². The van der Waals surface area contributed by atoms with Crippen LogP contribution in [0.15, 0.2) is 36.4 Å². The zero-order chi connectivity index (χ0) is 22.7. The number of halogens is 2. The Morgan fingerprint density at radius 3 is 2.88 bits per heavy atom. The molecule has 1 fully saturated rings. The van der Waals surface area contributed by atoms with Crippen molar-refractivity contribution < 1.29 is 18.7 Å². The van der Waals surface area contributed by atoms with Gasteiger partial charge in [0, 0.05) is 23.4 Å². The third kappa shape index (κ3) is 5.23. The summed E-state index contributed by atoms with van der Waals surface area (Å²) in [5.41, 5.74) is 1.73. The first kappa shape index (κ1) is 23.4. The van der Waals surface area contributed by atoms with E-state index in [2.05, 4.69) is 31.9 Å². The van der Waals surface area contributed by atoms with E-state index in [0.29, 0.717) is 33.6 Å². The van der Waals surface area contributed by atoms with Gasteiger partial charge in [0.2, 0.25) is 0 Å². The number of benzene rings is 2. The Balaban J connectivity index is 1.28. The molecule has 1 aliphatic heterocycles. The van der Waals surface area contributed by atoms with Crippen molar-refractivity contribution in [1.82, 2.24) is 9.27 Å². The molecule has 2 heterocycles. The molecular formula is C24H26FIN2O3S. The number of nitrogens with zero attached hydrogens (tertiary/aromatic N) is 2. The summed E-state index contributed by atoms with van der Waals surface area (Å²) in [4.78, 5) is 14.0. The maximum Gasteiger partial charge on any atom is 0.161 e. The molecular weight excluding hydrogens is 542 g/mol. The summed E-state index contributed by atoms with van der Waals surface area (Å²) in [5.74, 6) is 1.45. The molecule has 0 aliphatic carbocycles. The monoisotopic (exact) mass is 568 g/mol. The fourth-order valence-electron chi connectivity index (χ4n) is 4.14. The molecule has 0 amide bonds. The van der Waals surface area contributed by atoms with E-state index < -0.39 is 0 Å². The van der Waals surface area contributed by atoms with Crippen LogP contribution in [0.4, 0.5) is 4.39 Å². The Morgan fingerprint density at radius 1 is 1.28 bits per heavy atom. The normalized spacial score (nSPS) is 19.2. The highest BCUT2D eigenvalue weighted by Gasteiger charge is 2.29. The quantitative estimate of drug-likeness (QED) is 0.109. The number of Topliss-reactive ketones (excluding diaryl/α,β-unsaturated/α-hetero) is 1. The lowest BCUT2D eigenvalue weighted by Gasteiger charge is -2.36. The van der Waals surface area contributed by atoms with Crippen LogP contribution in [-0.4, -0.2) is 45.9 Å².